The van der Waals surface area contributed by atoms with Gasteiger partial charge >= 0.3 is 0 Å². The third-order valence-corrected chi connectivity index (χ3v) is 4.62. The highest BCUT2D eigenvalue weighted by atomic mass is 79.9. The van der Waals surface area contributed by atoms with Crippen LogP contribution in [0.2, 0.25) is 0 Å². The van der Waals surface area contributed by atoms with E-state index in [1.165, 1.54) is 0 Å². The number of nitrogens with one attached hydrogen (secondary N) is 1. The predicted molar refractivity (Wildman–Crippen MR) is 76.3 cm³/mol. The van der Waals surface area contributed by atoms with Crippen molar-refractivity contribution >= 4 is 15.9 Å². The van der Waals surface area contributed by atoms with Crippen molar-refractivity contribution in [3.05, 3.63) is 43.4 Å². The van der Waals surface area contributed by atoms with E-state index in [1.807, 2.05) is 0 Å². The molecule has 4 rings (SSSR count). The normalized spacial score (nSPS) is 15.2. The lowest BCUT2D eigenvalue weighted by molar-refractivity contribution is 0.628. The molecule has 3 heterocycles. The van der Waals surface area contributed by atoms with Gasteiger partial charge in [0.2, 0.25) is 0 Å². The summed E-state index contributed by atoms with van der Waals surface area (Å²) in [6.45, 7) is 0. The molecular weight excluding hydrogens is 322 g/mol. The zero-order valence-corrected chi connectivity index (χ0v) is 12.3. The number of hydrogen-bond donors (Lipinski definition) is 1. The van der Waals surface area contributed by atoms with Crippen LogP contribution in [-0.4, -0.2) is 15.2 Å². The number of hydrogen-bond acceptors (Lipinski definition) is 4. The molecule has 2 aromatic rings. The first-order chi connectivity index (χ1) is 9.74. The van der Waals surface area contributed by atoms with E-state index >= 15 is 0 Å². The molecule has 0 radical (unpaired) electrons. The number of H-pyrrole nitrogens is 1. The van der Waals surface area contributed by atoms with Crippen LogP contribution in [0.25, 0.3) is 0 Å². The van der Waals surface area contributed by atoms with Crippen LogP contribution in [0.1, 0.15) is 35.2 Å². The molecule has 1 aliphatic carbocycles. The number of nitrogens with zero attached hydrogens (tertiary/aromatic N) is 2. The first-order valence-electron chi connectivity index (χ1n) is 6.68. The van der Waals surface area contributed by atoms with Gasteiger partial charge in [0.1, 0.15) is 0 Å². The van der Waals surface area contributed by atoms with Gasteiger partial charge in [-0.05, 0) is 47.2 Å². The monoisotopic (exact) mass is 333 g/mol. The van der Waals surface area contributed by atoms with Crippen LogP contribution < -0.4 is 10.3 Å². The zero-order chi connectivity index (χ0) is 13.7. The Kier molecular flexibility index (Phi) is 2.66. The molecule has 0 aromatic carbocycles. The molecule has 0 saturated carbocycles. The summed E-state index contributed by atoms with van der Waals surface area (Å²) in [5.74, 6) is 1.54. The molecule has 0 saturated heterocycles. The zero-order valence-electron chi connectivity index (χ0n) is 10.7. The standard InChI is InChI=1S/C14H12BrN3O2/c15-10-6-16-14-12(20-14)9(10)5-11-7-3-1-2-4-8(7)13(19)18-17-11/h6H,1-5H2,(H,18,19). The summed E-state index contributed by atoms with van der Waals surface area (Å²) in [6, 6.07) is 0. The maximum Gasteiger partial charge on any atom is 0.267 e. The lowest BCUT2D eigenvalue weighted by atomic mass is 9.90. The average Bonchev–Trinajstić information content (AvgIpc) is 3.24. The molecule has 0 spiro atoms. The number of aromatic amines is 1. The summed E-state index contributed by atoms with van der Waals surface area (Å²) in [7, 11) is 0. The summed E-state index contributed by atoms with van der Waals surface area (Å²) in [5, 5.41) is 6.88. The minimum atomic E-state index is -0.0377. The number of halogens is 1. The Morgan fingerprint density at radius 1 is 1.30 bits per heavy atom. The van der Waals surface area contributed by atoms with Crippen molar-refractivity contribution in [1.29, 1.82) is 0 Å². The van der Waals surface area contributed by atoms with Crippen molar-refractivity contribution in [1.82, 2.24) is 15.2 Å². The highest BCUT2D eigenvalue weighted by molar-refractivity contribution is 9.10. The molecule has 2 aromatic heterocycles. The molecule has 0 unspecified atom stereocenters. The maximum absolute atomic E-state index is 11.9. The number of ether oxygens (including phenoxy) is 1. The first-order valence-corrected chi connectivity index (χ1v) is 7.48. The van der Waals surface area contributed by atoms with Gasteiger partial charge in [0.05, 0.1) is 5.69 Å². The summed E-state index contributed by atoms with van der Waals surface area (Å²) in [6.07, 6.45) is 6.40. The van der Waals surface area contributed by atoms with E-state index in [0.29, 0.717) is 12.3 Å². The summed E-state index contributed by atoms with van der Waals surface area (Å²) in [5.41, 5.74) is 4.00. The molecule has 102 valence electrons. The van der Waals surface area contributed by atoms with Crippen LogP contribution in [0.4, 0.5) is 0 Å². The molecule has 2 aliphatic rings. The van der Waals surface area contributed by atoms with E-state index in [2.05, 4.69) is 31.1 Å². The van der Waals surface area contributed by atoms with Gasteiger partial charge in [0.15, 0.2) is 5.75 Å². The summed E-state index contributed by atoms with van der Waals surface area (Å²) in [4.78, 5) is 16.0. The lowest BCUT2D eigenvalue weighted by Crippen LogP contribution is -2.23. The first kappa shape index (κ1) is 12.1. The highest BCUT2D eigenvalue weighted by Crippen LogP contribution is 2.49. The number of pyridine rings is 1. The van der Waals surface area contributed by atoms with Crippen molar-refractivity contribution in [3.8, 4) is 11.6 Å². The van der Waals surface area contributed by atoms with Gasteiger partial charge < -0.3 is 4.74 Å². The van der Waals surface area contributed by atoms with Crippen LogP contribution >= 0.6 is 15.9 Å². The summed E-state index contributed by atoms with van der Waals surface area (Å²) < 4.78 is 6.27. The van der Waals surface area contributed by atoms with Gasteiger partial charge in [0, 0.05) is 28.2 Å². The van der Waals surface area contributed by atoms with Gasteiger partial charge in [-0.25, -0.2) is 10.1 Å². The van der Waals surface area contributed by atoms with Crippen molar-refractivity contribution in [3.63, 3.8) is 0 Å². The minimum absolute atomic E-state index is 0.0377. The van der Waals surface area contributed by atoms with E-state index in [4.69, 9.17) is 4.74 Å². The minimum Gasteiger partial charge on any atom is -0.430 e. The Morgan fingerprint density at radius 3 is 2.95 bits per heavy atom. The van der Waals surface area contributed by atoms with Crippen molar-refractivity contribution in [2.24, 2.45) is 0 Å². The molecule has 6 heteroatoms. The maximum atomic E-state index is 11.9. The molecule has 0 amide bonds. The molecule has 1 aliphatic heterocycles. The molecule has 1 N–H and O–H groups in total. The van der Waals surface area contributed by atoms with E-state index in [1.54, 1.807) is 6.20 Å². The van der Waals surface area contributed by atoms with Gasteiger partial charge in [-0.2, -0.15) is 5.10 Å². The largest absolute Gasteiger partial charge is 0.430 e. The highest BCUT2D eigenvalue weighted by Gasteiger charge is 2.30. The van der Waals surface area contributed by atoms with E-state index in [0.717, 1.165) is 58.3 Å². The third-order valence-electron chi connectivity index (χ3n) is 3.94. The van der Waals surface area contributed by atoms with Gasteiger partial charge in [0.25, 0.3) is 11.4 Å². The summed E-state index contributed by atoms with van der Waals surface area (Å²) >= 11 is 3.51. The molecule has 20 heavy (non-hydrogen) atoms. The average molecular weight is 334 g/mol. The fourth-order valence-electron chi connectivity index (χ4n) is 2.85. The fourth-order valence-corrected chi connectivity index (χ4v) is 3.28. The Bertz CT molecular complexity index is 766. The van der Waals surface area contributed by atoms with Gasteiger partial charge in [-0.15, -0.1) is 0 Å². The lowest BCUT2D eigenvalue weighted by Gasteiger charge is -2.17. The Hall–Kier alpha value is -1.69. The molecule has 0 fully saturated rings. The van der Waals surface area contributed by atoms with Crippen LogP contribution in [0.15, 0.2) is 15.5 Å². The molecule has 0 bridgehead atoms. The third kappa shape index (κ3) is 1.86. The number of rotatable bonds is 2. The Balaban J connectivity index is 1.79. The van der Waals surface area contributed by atoms with Crippen molar-refractivity contribution in [2.45, 2.75) is 32.1 Å². The van der Waals surface area contributed by atoms with Gasteiger partial charge in [-0.3, -0.25) is 4.79 Å². The molecule has 0 atom stereocenters. The smallest absolute Gasteiger partial charge is 0.267 e. The fraction of sp³-hybridized carbons (Fsp3) is 0.357. The van der Waals surface area contributed by atoms with Gasteiger partial charge in [-0.1, -0.05) is 0 Å². The van der Waals surface area contributed by atoms with Crippen LogP contribution in [-0.2, 0) is 19.3 Å². The van der Waals surface area contributed by atoms with E-state index in [9.17, 15) is 4.79 Å². The van der Waals surface area contributed by atoms with Crippen LogP contribution in [0.5, 0.6) is 11.6 Å². The second kappa shape index (κ2) is 4.41. The van der Waals surface area contributed by atoms with Crippen molar-refractivity contribution < 1.29 is 4.74 Å². The van der Waals surface area contributed by atoms with Crippen LogP contribution in [0.3, 0.4) is 0 Å². The quantitative estimate of drug-likeness (QED) is 0.731. The predicted octanol–water partition coefficient (Wildman–Crippen LogP) is 2.50. The van der Waals surface area contributed by atoms with E-state index < -0.39 is 0 Å². The number of fused-ring (bicyclic) bond motifs is 2. The second-order valence-electron chi connectivity index (χ2n) is 5.16. The topological polar surface area (TPSA) is 71.2 Å². The molecule has 5 nitrogen and oxygen atoms in total. The van der Waals surface area contributed by atoms with Crippen LogP contribution in [0, 0.1) is 0 Å². The SMILES string of the molecule is O=c1[nH]nc(Cc2c(Br)cnc3c2O3)c2c1CCCC2. The number of aromatic nitrogens is 3. The van der Waals surface area contributed by atoms with E-state index in [-0.39, 0.29) is 5.56 Å². The Morgan fingerprint density at radius 2 is 2.10 bits per heavy atom. The van der Waals surface area contributed by atoms with Crippen molar-refractivity contribution in [2.75, 3.05) is 0 Å². The second-order valence-corrected chi connectivity index (χ2v) is 6.02. The molecular formula is C14H12BrN3O2. The Labute approximate surface area is 123 Å².